The summed E-state index contributed by atoms with van der Waals surface area (Å²) in [4.78, 5) is 4.74. The summed E-state index contributed by atoms with van der Waals surface area (Å²) in [6.07, 6.45) is 5.14. The van der Waals surface area contributed by atoms with Gasteiger partial charge in [-0.3, -0.25) is 0 Å². The number of pyridine rings is 1. The number of benzene rings is 2. The van der Waals surface area contributed by atoms with Gasteiger partial charge >= 0.3 is 0 Å². The van der Waals surface area contributed by atoms with Crippen molar-refractivity contribution in [2.24, 2.45) is 0 Å². The van der Waals surface area contributed by atoms with Gasteiger partial charge in [0.1, 0.15) is 5.65 Å². The summed E-state index contributed by atoms with van der Waals surface area (Å²) in [5, 5.41) is 0. The van der Waals surface area contributed by atoms with Gasteiger partial charge in [-0.1, -0.05) is 36.4 Å². The van der Waals surface area contributed by atoms with Crippen LogP contribution in [-0.4, -0.2) is 9.38 Å². The minimum absolute atomic E-state index is 0.965. The van der Waals surface area contributed by atoms with Crippen LogP contribution in [0.2, 0.25) is 0 Å². The standard InChI is InChI=1S/C20H13BrN2/c21-16-6-8-20-22-19(12-23(20)11-16)14-5-7-18-15(10-14)9-13-3-1-2-4-17(13)18/h1-8,10-12H,9H2. The SMILES string of the molecule is Brc1ccc2nc(-c3ccc4c(c3)Cc3ccccc3-4)cn2c1. The van der Waals surface area contributed by atoms with Crippen LogP contribution in [0.25, 0.3) is 28.0 Å². The monoisotopic (exact) mass is 360 g/mol. The highest BCUT2D eigenvalue weighted by molar-refractivity contribution is 9.10. The summed E-state index contributed by atoms with van der Waals surface area (Å²) in [5.74, 6) is 0. The quantitative estimate of drug-likeness (QED) is 0.394. The minimum Gasteiger partial charge on any atom is -0.305 e. The summed E-state index contributed by atoms with van der Waals surface area (Å²) in [5.41, 5.74) is 8.69. The van der Waals surface area contributed by atoms with E-state index < -0.39 is 0 Å². The Balaban J connectivity index is 1.63. The third-order valence-electron chi connectivity index (χ3n) is 4.50. The van der Waals surface area contributed by atoms with Crippen molar-refractivity contribution in [1.82, 2.24) is 9.38 Å². The lowest BCUT2D eigenvalue weighted by molar-refractivity contribution is 1.17. The highest BCUT2D eigenvalue weighted by atomic mass is 79.9. The fourth-order valence-electron chi connectivity index (χ4n) is 3.41. The molecule has 0 unspecified atom stereocenters. The normalized spacial score (nSPS) is 12.4. The Hall–Kier alpha value is -2.39. The van der Waals surface area contributed by atoms with Crippen molar-refractivity contribution in [1.29, 1.82) is 0 Å². The van der Waals surface area contributed by atoms with Gasteiger partial charge in [0.2, 0.25) is 0 Å². The third-order valence-corrected chi connectivity index (χ3v) is 4.97. The summed E-state index contributed by atoms with van der Waals surface area (Å²) in [6, 6.07) is 19.4. The Morgan fingerprint density at radius 2 is 1.74 bits per heavy atom. The minimum atomic E-state index is 0.965. The van der Waals surface area contributed by atoms with E-state index in [-0.39, 0.29) is 0 Å². The molecule has 0 bridgehead atoms. The van der Waals surface area contributed by atoms with Gasteiger partial charge in [-0.25, -0.2) is 4.98 Å². The number of nitrogens with zero attached hydrogens (tertiary/aromatic N) is 2. The zero-order valence-corrected chi connectivity index (χ0v) is 13.9. The van der Waals surface area contributed by atoms with Gasteiger partial charge < -0.3 is 4.40 Å². The van der Waals surface area contributed by atoms with Crippen LogP contribution in [0, 0.1) is 0 Å². The number of aromatic nitrogens is 2. The average molecular weight is 361 g/mol. The molecule has 1 aliphatic rings. The van der Waals surface area contributed by atoms with E-state index in [1.165, 1.54) is 27.8 Å². The van der Waals surface area contributed by atoms with E-state index in [0.29, 0.717) is 0 Å². The lowest BCUT2D eigenvalue weighted by Crippen LogP contribution is -1.83. The van der Waals surface area contributed by atoms with Crippen molar-refractivity contribution in [3.05, 3.63) is 82.6 Å². The van der Waals surface area contributed by atoms with E-state index in [9.17, 15) is 0 Å². The molecular weight excluding hydrogens is 348 g/mol. The Bertz CT molecular complexity index is 1060. The topological polar surface area (TPSA) is 17.3 Å². The second kappa shape index (κ2) is 4.80. The van der Waals surface area contributed by atoms with Crippen LogP contribution in [0.4, 0.5) is 0 Å². The molecule has 0 atom stereocenters. The van der Waals surface area contributed by atoms with Crippen molar-refractivity contribution < 1.29 is 0 Å². The summed E-state index contributed by atoms with van der Waals surface area (Å²) < 4.78 is 3.11. The van der Waals surface area contributed by atoms with Crippen LogP contribution in [0.5, 0.6) is 0 Å². The molecule has 0 aliphatic heterocycles. The van der Waals surface area contributed by atoms with Gasteiger partial charge in [-0.2, -0.15) is 0 Å². The molecule has 0 spiro atoms. The van der Waals surface area contributed by atoms with E-state index in [2.05, 4.69) is 69.0 Å². The molecule has 0 radical (unpaired) electrons. The zero-order valence-electron chi connectivity index (χ0n) is 12.3. The lowest BCUT2D eigenvalue weighted by atomic mass is 10.0. The number of hydrogen-bond donors (Lipinski definition) is 0. The number of imidazole rings is 1. The first-order valence-corrected chi connectivity index (χ1v) is 8.43. The molecular formula is C20H13BrN2. The third kappa shape index (κ3) is 2.04. The number of hydrogen-bond acceptors (Lipinski definition) is 1. The molecule has 3 heteroatoms. The summed E-state index contributed by atoms with van der Waals surface area (Å²) in [6.45, 7) is 0. The Kier molecular flexibility index (Phi) is 2.73. The van der Waals surface area contributed by atoms with E-state index in [1.54, 1.807) is 0 Å². The summed E-state index contributed by atoms with van der Waals surface area (Å²) >= 11 is 3.51. The molecule has 1 aliphatic carbocycles. The molecule has 0 amide bonds. The molecule has 2 nitrogen and oxygen atoms in total. The average Bonchev–Trinajstić information content (AvgIpc) is 3.14. The maximum Gasteiger partial charge on any atom is 0.137 e. The fraction of sp³-hybridized carbons (Fsp3) is 0.0500. The van der Waals surface area contributed by atoms with Crippen molar-refractivity contribution in [2.75, 3.05) is 0 Å². The van der Waals surface area contributed by atoms with Crippen molar-refractivity contribution in [3.63, 3.8) is 0 Å². The van der Waals surface area contributed by atoms with Gasteiger partial charge in [0.15, 0.2) is 0 Å². The molecule has 0 N–H and O–H groups in total. The molecule has 110 valence electrons. The first-order chi connectivity index (χ1) is 11.3. The molecule has 2 aromatic carbocycles. The first-order valence-electron chi connectivity index (χ1n) is 7.64. The molecule has 0 fully saturated rings. The van der Waals surface area contributed by atoms with Crippen LogP contribution in [0.1, 0.15) is 11.1 Å². The van der Waals surface area contributed by atoms with Crippen LogP contribution in [0.15, 0.2) is 71.5 Å². The number of fused-ring (bicyclic) bond motifs is 4. The largest absolute Gasteiger partial charge is 0.305 e. The molecule has 2 aromatic heterocycles. The lowest BCUT2D eigenvalue weighted by Gasteiger charge is -2.03. The molecule has 0 saturated carbocycles. The van der Waals surface area contributed by atoms with Crippen molar-refractivity contribution in [3.8, 4) is 22.4 Å². The van der Waals surface area contributed by atoms with Gasteiger partial charge in [0, 0.05) is 22.4 Å². The highest BCUT2D eigenvalue weighted by Crippen LogP contribution is 2.38. The second-order valence-electron chi connectivity index (χ2n) is 5.94. The van der Waals surface area contributed by atoms with Crippen LogP contribution in [0.3, 0.4) is 0 Å². The van der Waals surface area contributed by atoms with Crippen LogP contribution in [-0.2, 0) is 6.42 Å². The molecule has 5 rings (SSSR count). The number of rotatable bonds is 1. The Labute approximate surface area is 142 Å². The van der Waals surface area contributed by atoms with Gasteiger partial charge in [0.25, 0.3) is 0 Å². The number of halogens is 1. The smallest absolute Gasteiger partial charge is 0.137 e. The molecule has 2 heterocycles. The van der Waals surface area contributed by atoms with Crippen LogP contribution < -0.4 is 0 Å². The predicted octanol–water partition coefficient (Wildman–Crippen LogP) is 5.34. The molecule has 0 saturated heterocycles. The first kappa shape index (κ1) is 13.1. The van der Waals surface area contributed by atoms with E-state index in [4.69, 9.17) is 4.98 Å². The maximum atomic E-state index is 4.74. The molecule has 4 aromatic rings. The highest BCUT2D eigenvalue weighted by Gasteiger charge is 2.18. The van der Waals surface area contributed by atoms with E-state index >= 15 is 0 Å². The van der Waals surface area contributed by atoms with Crippen LogP contribution >= 0.6 is 15.9 Å². The Morgan fingerprint density at radius 1 is 0.870 bits per heavy atom. The second-order valence-corrected chi connectivity index (χ2v) is 6.86. The van der Waals surface area contributed by atoms with Crippen molar-refractivity contribution in [2.45, 2.75) is 6.42 Å². The van der Waals surface area contributed by atoms with Gasteiger partial charge in [0.05, 0.1) is 5.69 Å². The maximum absolute atomic E-state index is 4.74. The Morgan fingerprint density at radius 3 is 2.70 bits per heavy atom. The zero-order chi connectivity index (χ0) is 15.4. The van der Waals surface area contributed by atoms with E-state index in [1.807, 2.05) is 18.3 Å². The molecule has 23 heavy (non-hydrogen) atoms. The predicted molar refractivity (Wildman–Crippen MR) is 96.6 cm³/mol. The van der Waals surface area contributed by atoms with Gasteiger partial charge in [-0.15, -0.1) is 0 Å². The van der Waals surface area contributed by atoms with E-state index in [0.717, 1.165) is 22.2 Å². The fourth-order valence-corrected chi connectivity index (χ4v) is 3.76. The van der Waals surface area contributed by atoms with Crippen molar-refractivity contribution >= 4 is 21.6 Å². The summed E-state index contributed by atoms with van der Waals surface area (Å²) in [7, 11) is 0. The van der Waals surface area contributed by atoms with Gasteiger partial charge in [-0.05, 0) is 62.8 Å².